The quantitative estimate of drug-likeness (QED) is 0.920. The Bertz CT molecular complexity index is 685. The number of rotatable bonds is 3. The number of halogens is 1. The molecular formula is C12H9FN2O3S. The number of pyridine rings is 1. The molecule has 0 atom stereocenters. The molecule has 5 nitrogen and oxygen atoms in total. The first-order chi connectivity index (χ1) is 8.99. The summed E-state index contributed by atoms with van der Waals surface area (Å²) < 4.78 is 38.3. The van der Waals surface area contributed by atoms with Gasteiger partial charge >= 0.3 is 0 Å². The summed E-state index contributed by atoms with van der Waals surface area (Å²) in [5.41, 5.74) is -0.0202. The van der Waals surface area contributed by atoms with E-state index >= 15 is 0 Å². The Hall–Kier alpha value is -2.28. The molecule has 0 aliphatic heterocycles. The summed E-state index contributed by atoms with van der Waals surface area (Å²) in [6, 6.07) is 8.69. The number of amides is 1. The summed E-state index contributed by atoms with van der Waals surface area (Å²) >= 11 is 0. The molecule has 1 heterocycles. The van der Waals surface area contributed by atoms with Gasteiger partial charge in [-0.15, -0.1) is 0 Å². The lowest BCUT2D eigenvalue weighted by Gasteiger charge is -2.06. The molecule has 0 saturated heterocycles. The maximum atomic E-state index is 12.7. The van der Waals surface area contributed by atoms with Crippen LogP contribution in [0.4, 0.5) is 4.39 Å². The van der Waals surface area contributed by atoms with Gasteiger partial charge in [-0.25, -0.2) is 17.5 Å². The van der Waals surface area contributed by atoms with Gasteiger partial charge in [0.1, 0.15) is 11.5 Å². The van der Waals surface area contributed by atoms with Crippen molar-refractivity contribution >= 4 is 15.9 Å². The number of hydrogen-bond donors (Lipinski definition) is 1. The largest absolute Gasteiger partial charge is 0.283 e. The Morgan fingerprint density at radius 1 is 1.11 bits per heavy atom. The number of aromatic nitrogens is 1. The molecule has 1 aromatic carbocycles. The lowest BCUT2D eigenvalue weighted by atomic mass is 10.3. The Morgan fingerprint density at radius 3 is 2.37 bits per heavy atom. The van der Waals surface area contributed by atoms with E-state index < -0.39 is 21.7 Å². The highest BCUT2D eigenvalue weighted by Crippen LogP contribution is 2.10. The van der Waals surface area contributed by atoms with Crippen LogP contribution in [-0.4, -0.2) is 19.3 Å². The van der Waals surface area contributed by atoms with Crippen LogP contribution in [0.3, 0.4) is 0 Å². The zero-order valence-corrected chi connectivity index (χ0v) is 10.4. The predicted octanol–water partition coefficient (Wildman–Crippen LogP) is 1.34. The molecule has 0 radical (unpaired) electrons. The summed E-state index contributed by atoms with van der Waals surface area (Å²) in [6.45, 7) is 0. The lowest BCUT2D eigenvalue weighted by molar-refractivity contribution is 0.0976. The van der Waals surface area contributed by atoms with Crippen LogP contribution in [0.2, 0.25) is 0 Å². The van der Waals surface area contributed by atoms with Gasteiger partial charge in [-0.2, -0.15) is 0 Å². The van der Waals surface area contributed by atoms with Gasteiger partial charge in [0.2, 0.25) is 0 Å². The van der Waals surface area contributed by atoms with Gasteiger partial charge in [-0.3, -0.25) is 9.78 Å². The second kappa shape index (κ2) is 5.15. The number of carbonyl (C=O) groups is 1. The van der Waals surface area contributed by atoms with Crippen LogP contribution < -0.4 is 4.72 Å². The maximum absolute atomic E-state index is 12.7. The fourth-order valence-electron chi connectivity index (χ4n) is 1.34. The molecular weight excluding hydrogens is 271 g/mol. The average Bonchev–Trinajstić information content (AvgIpc) is 2.40. The molecule has 0 aliphatic rings. The normalized spacial score (nSPS) is 11.0. The highest BCUT2D eigenvalue weighted by Gasteiger charge is 2.19. The number of sulfonamides is 1. The molecule has 0 spiro atoms. The highest BCUT2D eigenvalue weighted by atomic mass is 32.2. The first kappa shape index (κ1) is 13.2. The van der Waals surface area contributed by atoms with Gasteiger partial charge in [0.05, 0.1) is 4.90 Å². The third-order valence-corrected chi connectivity index (χ3v) is 3.60. The number of hydrogen-bond acceptors (Lipinski definition) is 4. The van der Waals surface area contributed by atoms with Crippen LogP contribution in [0.15, 0.2) is 53.6 Å². The van der Waals surface area contributed by atoms with Gasteiger partial charge in [0, 0.05) is 6.20 Å². The standard InChI is InChI=1S/C12H9FN2O3S/c13-9-4-6-10(7-5-9)19(17,18)15-12(16)11-3-1-2-8-14-11/h1-8H,(H,15,16). The van der Waals surface area contributed by atoms with Crippen LogP contribution in [-0.2, 0) is 10.0 Å². The number of benzene rings is 1. The minimum Gasteiger partial charge on any atom is -0.266 e. The van der Waals surface area contributed by atoms with Crippen molar-refractivity contribution in [3.8, 4) is 0 Å². The van der Waals surface area contributed by atoms with Crippen LogP contribution in [0.25, 0.3) is 0 Å². The molecule has 19 heavy (non-hydrogen) atoms. The zero-order chi connectivity index (χ0) is 13.9. The van der Waals surface area contributed by atoms with Crippen molar-refractivity contribution in [2.24, 2.45) is 0 Å². The first-order valence-electron chi connectivity index (χ1n) is 5.23. The van der Waals surface area contributed by atoms with Crippen molar-refractivity contribution in [1.82, 2.24) is 9.71 Å². The molecule has 0 saturated carbocycles. The molecule has 0 bridgehead atoms. The SMILES string of the molecule is O=C(NS(=O)(=O)c1ccc(F)cc1)c1ccccn1. The number of nitrogens with zero attached hydrogens (tertiary/aromatic N) is 1. The fraction of sp³-hybridized carbons (Fsp3) is 0. The van der Waals surface area contributed by atoms with Crippen molar-refractivity contribution in [2.45, 2.75) is 4.90 Å². The van der Waals surface area contributed by atoms with Crippen molar-refractivity contribution in [1.29, 1.82) is 0 Å². The molecule has 98 valence electrons. The summed E-state index contributed by atoms with van der Waals surface area (Å²) in [5, 5.41) is 0. The first-order valence-corrected chi connectivity index (χ1v) is 6.71. The smallest absolute Gasteiger partial charge is 0.266 e. The molecule has 2 aromatic rings. The van der Waals surface area contributed by atoms with Crippen LogP contribution >= 0.6 is 0 Å². The minimum atomic E-state index is -4.03. The molecule has 0 unspecified atom stereocenters. The Kier molecular flexibility index (Phi) is 3.57. The van der Waals surface area contributed by atoms with Gasteiger partial charge in [0.25, 0.3) is 15.9 Å². The molecule has 7 heteroatoms. The Balaban J connectivity index is 2.23. The highest BCUT2D eigenvalue weighted by molar-refractivity contribution is 7.90. The maximum Gasteiger partial charge on any atom is 0.283 e. The van der Waals surface area contributed by atoms with E-state index in [1.54, 1.807) is 12.1 Å². The zero-order valence-electron chi connectivity index (χ0n) is 9.58. The Labute approximate surface area is 109 Å². The second-order valence-corrected chi connectivity index (χ2v) is 5.29. The lowest BCUT2D eigenvalue weighted by Crippen LogP contribution is -2.31. The Morgan fingerprint density at radius 2 is 1.79 bits per heavy atom. The molecule has 0 aliphatic carbocycles. The van der Waals surface area contributed by atoms with E-state index in [1.165, 1.54) is 12.3 Å². The van der Waals surface area contributed by atoms with Gasteiger partial charge in [-0.1, -0.05) is 6.07 Å². The molecule has 0 fully saturated rings. The van der Waals surface area contributed by atoms with E-state index in [9.17, 15) is 17.6 Å². The van der Waals surface area contributed by atoms with E-state index in [2.05, 4.69) is 4.98 Å². The molecule has 1 N–H and O–H groups in total. The van der Waals surface area contributed by atoms with E-state index in [1.807, 2.05) is 4.72 Å². The van der Waals surface area contributed by atoms with Crippen LogP contribution in [0, 0.1) is 5.82 Å². The predicted molar refractivity (Wildman–Crippen MR) is 65.3 cm³/mol. The van der Waals surface area contributed by atoms with E-state index in [4.69, 9.17) is 0 Å². The monoisotopic (exact) mass is 280 g/mol. The summed E-state index contributed by atoms with van der Waals surface area (Å²) in [7, 11) is -4.03. The van der Waals surface area contributed by atoms with Gasteiger partial charge in [-0.05, 0) is 36.4 Å². The number of nitrogens with one attached hydrogen (secondary N) is 1. The van der Waals surface area contributed by atoms with Crippen molar-refractivity contribution in [2.75, 3.05) is 0 Å². The topological polar surface area (TPSA) is 76.1 Å². The minimum absolute atomic E-state index is 0.0202. The van der Waals surface area contributed by atoms with Gasteiger partial charge < -0.3 is 0 Å². The summed E-state index contributed by atoms with van der Waals surface area (Å²) in [4.78, 5) is 15.2. The van der Waals surface area contributed by atoms with Crippen LogP contribution in [0.1, 0.15) is 10.5 Å². The van der Waals surface area contributed by atoms with Gasteiger partial charge in [0.15, 0.2) is 0 Å². The van der Waals surface area contributed by atoms with Crippen molar-refractivity contribution in [3.63, 3.8) is 0 Å². The summed E-state index contributed by atoms with van der Waals surface area (Å²) in [5.74, 6) is -1.40. The van der Waals surface area contributed by atoms with E-state index in [0.717, 1.165) is 24.3 Å². The molecule has 2 rings (SSSR count). The third-order valence-electron chi connectivity index (χ3n) is 2.25. The number of carbonyl (C=O) groups excluding carboxylic acids is 1. The fourth-order valence-corrected chi connectivity index (χ4v) is 2.30. The second-order valence-electron chi connectivity index (χ2n) is 3.60. The third kappa shape index (κ3) is 3.14. The van der Waals surface area contributed by atoms with Crippen molar-refractivity contribution < 1.29 is 17.6 Å². The molecule has 1 amide bonds. The average molecular weight is 280 g/mol. The van der Waals surface area contributed by atoms with Crippen molar-refractivity contribution in [3.05, 3.63) is 60.2 Å². The van der Waals surface area contributed by atoms with E-state index in [-0.39, 0.29) is 10.6 Å². The van der Waals surface area contributed by atoms with Crippen LogP contribution in [0.5, 0.6) is 0 Å². The molecule has 1 aromatic heterocycles. The summed E-state index contributed by atoms with van der Waals surface area (Å²) in [6.07, 6.45) is 1.37. The van der Waals surface area contributed by atoms with E-state index in [0.29, 0.717) is 0 Å².